The van der Waals surface area contributed by atoms with Crippen LogP contribution in [0.2, 0.25) is 0 Å². The van der Waals surface area contributed by atoms with Crippen LogP contribution in [0.15, 0.2) is 24.3 Å². The molecule has 0 saturated carbocycles. The number of rotatable bonds is 44. The molecule has 1 saturated heterocycles. The number of aliphatic hydroxyl groups is 5. The quantitative estimate of drug-likeness (QED) is 0.0262. The Morgan fingerprint density at radius 2 is 0.934 bits per heavy atom. The second kappa shape index (κ2) is 42.6. The first-order chi connectivity index (χ1) is 29.8. The number of carbonyl (C=O) groups excluding carboxylic acids is 1. The number of aliphatic hydroxyl groups excluding tert-OH is 5. The van der Waals surface area contributed by atoms with Gasteiger partial charge >= 0.3 is 0 Å². The molecule has 61 heavy (non-hydrogen) atoms. The van der Waals surface area contributed by atoms with E-state index >= 15 is 0 Å². The highest BCUT2D eigenvalue weighted by Crippen LogP contribution is 2.23. The molecule has 9 nitrogen and oxygen atoms in total. The van der Waals surface area contributed by atoms with Crippen molar-refractivity contribution >= 4 is 5.91 Å². The normalized spacial score (nSPS) is 20.5. The lowest BCUT2D eigenvalue weighted by molar-refractivity contribution is -0.302. The van der Waals surface area contributed by atoms with E-state index in [-0.39, 0.29) is 12.5 Å². The number of hydrogen-bond acceptors (Lipinski definition) is 8. The number of hydrogen-bond donors (Lipinski definition) is 6. The second-order valence-corrected chi connectivity index (χ2v) is 18.3. The van der Waals surface area contributed by atoms with Gasteiger partial charge in [0.15, 0.2) is 6.29 Å². The van der Waals surface area contributed by atoms with Crippen LogP contribution >= 0.6 is 0 Å². The number of amides is 1. The van der Waals surface area contributed by atoms with Crippen LogP contribution in [0.25, 0.3) is 0 Å². The molecule has 0 bridgehead atoms. The fourth-order valence-corrected chi connectivity index (χ4v) is 8.35. The molecule has 1 fully saturated rings. The molecule has 0 aromatic carbocycles. The van der Waals surface area contributed by atoms with Crippen molar-refractivity contribution in [2.75, 3.05) is 13.2 Å². The largest absolute Gasteiger partial charge is 0.394 e. The SMILES string of the molecule is CCCCCCCCCCCCCCCCCCCCCCCCCCC/C=C/CC/C=C/C(O)C(COC1OC(CO)C(O)C(O)C1O)NC(=O)CCCCCCCCC. The molecule has 7 atom stereocenters. The number of carbonyl (C=O) groups is 1. The van der Waals surface area contributed by atoms with Gasteiger partial charge in [-0.15, -0.1) is 0 Å². The Kier molecular flexibility index (Phi) is 40.3. The van der Waals surface area contributed by atoms with Crippen molar-refractivity contribution in [2.45, 2.75) is 288 Å². The van der Waals surface area contributed by atoms with Gasteiger partial charge in [0.05, 0.1) is 25.4 Å². The predicted octanol–water partition coefficient (Wildman–Crippen LogP) is 11.8. The fraction of sp³-hybridized carbons (Fsp3) is 0.904. The Balaban J connectivity index is 2.12. The molecule has 0 aromatic rings. The summed E-state index contributed by atoms with van der Waals surface area (Å²) in [5, 5.41) is 54.0. The summed E-state index contributed by atoms with van der Waals surface area (Å²) in [6.45, 7) is 3.72. The minimum Gasteiger partial charge on any atom is -0.394 e. The monoisotopic (exact) mass is 866 g/mol. The van der Waals surface area contributed by atoms with Crippen molar-refractivity contribution in [3.05, 3.63) is 24.3 Å². The maximum atomic E-state index is 12.8. The molecule has 1 aliphatic heterocycles. The average Bonchev–Trinajstić information content (AvgIpc) is 3.26. The molecule has 0 aromatic heterocycles. The van der Waals surface area contributed by atoms with Gasteiger partial charge in [-0.3, -0.25) is 4.79 Å². The minimum absolute atomic E-state index is 0.192. The third kappa shape index (κ3) is 32.9. The van der Waals surface area contributed by atoms with Crippen molar-refractivity contribution in [1.29, 1.82) is 0 Å². The van der Waals surface area contributed by atoms with E-state index in [1.165, 1.54) is 186 Å². The smallest absolute Gasteiger partial charge is 0.220 e. The van der Waals surface area contributed by atoms with Crippen LogP contribution in [0.1, 0.15) is 245 Å². The Labute approximate surface area is 375 Å². The van der Waals surface area contributed by atoms with Crippen LogP contribution in [-0.4, -0.2) is 87.5 Å². The maximum Gasteiger partial charge on any atom is 0.220 e. The van der Waals surface area contributed by atoms with Gasteiger partial charge in [-0.05, 0) is 32.1 Å². The first-order valence-electron chi connectivity index (χ1n) is 26.1. The van der Waals surface area contributed by atoms with Crippen LogP contribution in [0.5, 0.6) is 0 Å². The van der Waals surface area contributed by atoms with Gasteiger partial charge in [0.2, 0.25) is 5.91 Å². The molecule has 7 unspecified atom stereocenters. The van der Waals surface area contributed by atoms with Crippen LogP contribution in [0.4, 0.5) is 0 Å². The summed E-state index contributed by atoms with van der Waals surface area (Å²) in [7, 11) is 0. The van der Waals surface area contributed by atoms with Gasteiger partial charge in [0, 0.05) is 6.42 Å². The molecular formula is C52H99NO8. The number of allylic oxidation sites excluding steroid dienone is 3. The van der Waals surface area contributed by atoms with E-state index in [0.29, 0.717) is 6.42 Å². The van der Waals surface area contributed by atoms with Gasteiger partial charge < -0.3 is 40.3 Å². The highest BCUT2D eigenvalue weighted by atomic mass is 16.7. The molecule has 0 radical (unpaired) electrons. The molecule has 9 heteroatoms. The topological polar surface area (TPSA) is 149 Å². The van der Waals surface area contributed by atoms with Crippen molar-refractivity contribution in [2.24, 2.45) is 0 Å². The second-order valence-electron chi connectivity index (χ2n) is 18.3. The zero-order valence-electron chi connectivity index (χ0n) is 39.7. The van der Waals surface area contributed by atoms with Gasteiger partial charge in [-0.25, -0.2) is 0 Å². The highest BCUT2D eigenvalue weighted by Gasteiger charge is 2.44. The number of unbranched alkanes of at least 4 members (excludes halogenated alkanes) is 32. The number of ether oxygens (including phenoxy) is 2. The van der Waals surface area contributed by atoms with Crippen molar-refractivity contribution < 1.29 is 39.8 Å². The first-order valence-corrected chi connectivity index (χ1v) is 26.1. The van der Waals surface area contributed by atoms with Crippen molar-refractivity contribution in [3.63, 3.8) is 0 Å². The van der Waals surface area contributed by atoms with E-state index in [1.807, 2.05) is 6.08 Å². The van der Waals surface area contributed by atoms with Crippen LogP contribution in [-0.2, 0) is 14.3 Å². The summed E-state index contributed by atoms with van der Waals surface area (Å²) in [5.41, 5.74) is 0. The molecule has 1 aliphatic rings. The highest BCUT2D eigenvalue weighted by molar-refractivity contribution is 5.76. The standard InChI is InChI=1S/C52H99NO8/c1-3-5-7-9-11-12-13-14-15-16-17-18-19-20-21-22-23-24-25-26-27-28-29-30-31-32-33-34-36-37-39-41-46(55)45(53-48(56)42-40-38-35-10-8-6-4-2)44-60-52-51(59)50(58)49(57)47(43-54)61-52/h33-34,39,41,45-47,49-52,54-55,57-59H,3-32,35-38,40,42-44H2,1-2H3,(H,53,56)/b34-33+,41-39+. The summed E-state index contributed by atoms with van der Waals surface area (Å²) >= 11 is 0. The molecular weight excluding hydrogens is 767 g/mol. The first kappa shape index (κ1) is 57.7. The lowest BCUT2D eigenvalue weighted by Gasteiger charge is -2.40. The molecule has 1 rings (SSSR count). The van der Waals surface area contributed by atoms with Crippen molar-refractivity contribution in [3.8, 4) is 0 Å². The zero-order valence-corrected chi connectivity index (χ0v) is 39.7. The third-order valence-corrected chi connectivity index (χ3v) is 12.5. The maximum absolute atomic E-state index is 12.8. The predicted molar refractivity (Wildman–Crippen MR) is 253 cm³/mol. The summed E-state index contributed by atoms with van der Waals surface area (Å²) < 4.78 is 11.2. The van der Waals surface area contributed by atoms with E-state index in [2.05, 4.69) is 31.3 Å². The summed E-state index contributed by atoms with van der Waals surface area (Å²) in [6.07, 6.45) is 45.8. The third-order valence-electron chi connectivity index (χ3n) is 12.5. The molecule has 6 N–H and O–H groups in total. The van der Waals surface area contributed by atoms with Gasteiger partial charge in [0.1, 0.15) is 24.4 Å². The Morgan fingerprint density at radius 1 is 0.541 bits per heavy atom. The minimum atomic E-state index is -1.57. The molecule has 1 amide bonds. The lowest BCUT2D eigenvalue weighted by Crippen LogP contribution is -2.60. The Bertz CT molecular complexity index is 1010. The van der Waals surface area contributed by atoms with E-state index in [0.717, 1.165) is 38.5 Å². The lowest BCUT2D eigenvalue weighted by atomic mass is 9.99. The Morgan fingerprint density at radius 3 is 1.38 bits per heavy atom. The molecule has 1 heterocycles. The van der Waals surface area contributed by atoms with Gasteiger partial charge in [-0.2, -0.15) is 0 Å². The summed E-state index contributed by atoms with van der Waals surface area (Å²) in [5.74, 6) is -0.192. The van der Waals surface area contributed by atoms with E-state index in [4.69, 9.17) is 9.47 Å². The summed E-state index contributed by atoms with van der Waals surface area (Å²) in [6, 6.07) is -0.815. The fourth-order valence-electron chi connectivity index (χ4n) is 8.35. The molecule has 0 spiro atoms. The average molecular weight is 866 g/mol. The molecule has 360 valence electrons. The van der Waals surface area contributed by atoms with Crippen molar-refractivity contribution in [1.82, 2.24) is 5.32 Å². The van der Waals surface area contributed by atoms with E-state index in [9.17, 15) is 30.3 Å². The van der Waals surface area contributed by atoms with Gasteiger partial charge in [0.25, 0.3) is 0 Å². The zero-order chi connectivity index (χ0) is 44.4. The Hall–Kier alpha value is -1.33. The van der Waals surface area contributed by atoms with Gasteiger partial charge in [-0.1, -0.05) is 231 Å². The van der Waals surface area contributed by atoms with Crippen LogP contribution in [0, 0.1) is 0 Å². The van der Waals surface area contributed by atoms with E-state index in [1.54, 1.807) is 6.08 Å². The molecule has 0 aliphatic carbocycles. The van der Waals surface area contributed by atoms with Crippen LogP contribution in [0.3, 0.4) is 0 Å². The number of nitrogens with one attached hydrogen (secondary N) is 1. The van der Waals surface area contributed by atoms with E-state index < -0.39 is 49.5 Å². The van der Waals surface area contributed by atoms with Crippen LogP contribution < -0.4 is 5.32 Å². The summed E-state index contributed by atoms with van der Waals surface area (Å²) in [4.78, 5) is 12.8.